The van der Waals surface area contributed by atoms with Crippen LogP contribution in [0.3, 0.4) is 0 Å². The number of alkyl carbamates (subject to hydrolysis) is 1. The van der Waals surface area contributed by atoms with E-state index < -0.39 is 18.0 Å². The van der Waals surface area contributed by atoms with E-state index >= 15 is 0 Å². The molecular formula is C49H47N3O7. The number of ether oxygens (including phenoxy) is 4. The van der Waals surface area contributed by atoms with Crippen molar-refractivity contribution in [2.75, 3.05) is 34.0 Å². The molecule has 1 atom stereocenters. The molecule has 0 aromatic heterocycles. The molecule has 6 aromatic rings. The van der Waals surface area contributed by atoms with Crippen LogP contribution in [-0.4, -0.2) is 51.9 Å². The van der Waals surface area contributed by atoms with Gasteiger partial charge in [-0.3, -0.25) is 9.59 Å². The molecule has 300 valence electrons. The van der Waals surface area contributed by atoms with Crippen LogP contribution in [0.2, 0.25) is 0 Å². The van der Waals surface area contributed by atoms with E-state index in [0.717, 1.165) is 44.5 Å². The van der Waals surface area contributed by atoms with Gasteiger partial charge in [0.05, 0.1) is 26.3 Å². The molecule has 1 aliphatic rings. The molecule has 1 aliphatic carbocycles. The summed E-state index contributed by atoms with van der Waals surface area (Å²) in [6.45, 7) is 3.65. The van der Waals surface area contributed by atoms with Gasteiger partial charge in [-0.1, -0.05) is 120 Å². The number of hydrogen-bond acceptors (Lipinski definition) is 7. The molecule has 1 unspecified atom stereocenters. The lowest BCUT2D eigenvalue weighted by atomic mass is 9.97. The Bertz CT molecular complexity index is 2320. The van der Waals surface area contributed by atoms with Crippen molar-refractivity contribution < 1.29 is 33.3 Å². The van der Waals surface area contributed by atoms with E-state index in [1.54, 1.807) is 38.5 Å². The Morgan fingerprint density at radius 3 is 1.69 bits per heavy atom. The maximum atomic E-state index is 13.5. The largest absolute Gasteiger partial charge is 0.497 e. The maximum absolute atomic E-state index is 13.5. The second-order valence-corrected chi connectivity index (χ2v) is 14.5. The predicted octanol–water partition coefficient (Wildman–Crippen LogP) is 8.35. The smallest absolute Gasteiger partial charge is 0.407 e. The first-order valence-electron chi connectivity index (χ1n) is 19.5. The molecule has 3 N–H and O–H groups in total. The van der Waals surface area contributed by atoms with Crippen molar-refractivity contribution in [2.24, 2.45) is 0 Å². The minimum Gasteiger partial charge on any atom is -0.497 e. The summed E-state index contributed by atoms with van der Waals surface area (Å²) in [6.07, 6.45) is -0.699. The normalized spacial score (nSPS) is 12.2. The third-order valence-electron chi connectivity index (χ3n) is 10.5. The van der Waals surface area contributed by atoms with Crippen LogP contribution in [0, 0.1) is 13.8 Å². The summed E-state index contributed by atoms with van der Waals surface area (Å²) >= 11 is 0. The van der Waals surface area contributed by atoms with E-state index in [9.17, 15) is 14.4 Å². The third-order valence-corrected chi connectivity index (χ3v) is 10.5. The minimum absolute atomic E-state index is 0.107. The van der Waals surface area contributed by atoms with Crippen molar-refractivity contribution in [2.45, 2.75) is 31.8 Å². The summed E-state index contributed by atoms with van der Waals surface area (Å²) in [5.41, 5.74) is 10.0. The highest BCUT2D eigenvalue weighted by Crippen LogP contribution is 2.44. The zero-order chi connectivity index (χ0) is 41.3. The first-order valence-corrected chi connectivity index (χ1v) is 19.5. The van der Waals surface area contributed by atoms with Gasteiger partial charge in [-0.25, -0.2) is 4.79 Å². The number of rotatable bonds is 15. The minimum atomic E-state index is -0.699. The lowest BCUT2D eigenvalue weighted by Crippen LogP contribution is -2.39. The van der Waals surface area contributed by atoms with Crippen LogP contribution >= 0.6 is 0 Å². The lowest BCUT2D eigenvalue weighted by Gasteiger charge is -2.23. The topological polar surface area (TPSA) is 124 Å². The van der Waals surface area contributed by atoms with Gasteiger partial charge in [0.25, 0.3) is 5.91 Å². The van der Waals surface area contributed by atoms with Gasteiger partial charge in [0.1, 0.15) is 30.4 Å². The molecule has 6 aromatic carbocycles. The van der Waals surface area contributed by atoms with E-state index in [4.69, 9.17) is 18.9 Å². The van der Waals surface area contributed by atoms with Gasteiger partial charge >= 0.3 is 6.09 Å². The Kier molecular flexibility index (Phi) is 12.6. The maximum Gasteiger partial charge on any atom is 0.407 e. The van der Waals surface area contributed by atoms with Gasteiger partial charge < -0.3 is 34.9 Å². The number of carbonyl (C=O) groups is 3. The molecule has 0 bridgehead atoms. The number of amides is 3. The Balaban J connectivity index is 0.998. The van der Waals surface area contributed by atoms with Crippen LogP contribution in [0.4, 0.5) is 4.79 Å². The Morgan fingerprint density at radius 1 is 0.593 bits per heavy atom. The zero-order valence-corrected chi connectivity index (χ0v) is 33.5. The van der Waals surface area contributed by atoms with Crippen LogP contribution in [0.5, 0.6) is 17.2 Å². The number of carbonyl (C=O) groups excluding carboxylic acids is 3. The SMILES string of the molecule is COc1ccc(C(NC(=O)CNC(=O)OCC2c3ccccc3-c3ccccc32)c2ccc(OCC(=O)NC(c3ccc(C)cc3)c3ccc(C)cc3)cc2)c(OC)c1. The summed E-state index contributed by atoms with van der Waals surface area (Å²) < 4.78 is 22.7. The number of hydrogen-bond donors (Lipinski definition) is 3. The molecule has 0 saturated carbocycles. The number of fused-ring (bicyclic) bond motifs is 3. The van der Waals surface area contributed by atoms with Crippen molar-refractivity contribution in [1.82, 2.24) is 16.0 Å². The summed E-state index contributed by atoms with van der Waals surface area (Å²) in [5, 5.41) is 8.77. The molecule has 0 radical (unpaired) electrons. The molecule has 7 rings (SSSR count). The van der Waals surface area contributed by atoms with Gasteiger partial charge in [-0.2, -0.15) is 0 Å². The Morgan fingerprint density at radius 2 is 1.12 bits per heavy atom. The fourth-order valence-electron chi connectivity index (χ4n) is 7.40. The van der Waals surface area contributed by atoms with Crippen LogP contribution in [0.25, 0.3) is 11.1 Å². The van der Waals surface area contributed by atoms with Gasteiger partial charge in [0.2, 0.25) is 5.91 Å². The van der Waals surface area contributed by atoms with Crippen molar-refractivity contribution in [3.05, 3.63) is 184 Å². The fraction of sp³-hybridized carbons (Fsp3) is 0.204. The number of aryl methyl sites for hydroxylation is 2. The molecule has 0 fully saturated rings. The van der Waals surface area contributed by atoms with E-state index in [1.165, 1.54) is 0 Å². The van der Waals surface area contributed by atoms with Crippen molar-refractivity contribution in [1.29, 1.82) is 0 Å². The lowest BCUT2D eigenvalue weighted by molar-refractivity contribution is -0.123. The van der Waals surface area contributed by atoms with E-state index in [2.05, 4.69) is 28.1 Å². The van der Waals surface area contributed by atoms with Gasteiger partial charge in [-0.05, 0) is 77.1 Å². The molecule has 59 heavy (non-hydrogen) atoms. The second kappa shape index (κ2) is 18.5. The molecule has 3 amide bonds. The summed E-state index contributed by atoms with van der Waals surface area (Å²) in [6, 6.07) is 43.8. The molecule has 0 spiro atoms. The van der Waals surface area contributed by atoms with Gasteiger partial charge in [-0.15, -0.1) is 0 Å². The van der Waals surface area contributed by atoms with Gasteiger partial charge in [0.15, 0.2) is 6.61 Å². The van der Waals surface area contributed by atoms with E-state index in [0.29, 0.717) is 28.4 Å². The monoisotopic (exact) mass is 789 g/mol. The zero-order valence-electron chi connectivity index (χ0n) is 33.5. The quantitative estimate of drug-likeness (QED) is 0.0956. The van der Waals surface area contributed by atoms with Crippen LogP contribution < -0.4 is 30.2 Å². The molecule has 10 heteroatoms. The highest BCUT2D eigenvalue weighted by molar-refractivity contribution is 5.83. The Hall–Kier alpha value is -7.07. The second-order valence-electron chi connectivity index (χ2n) is 14.5. The van der Waals surface area contributed by atoms with Crippen molar-refractivity contribution >= 4 is 17.9 Å². The van der Waals surface area contributed by atoms with Crippen molar-refractivity contribution in [3.63, 3.8) is 0 Å². The first-order chi connectivity index (χ1) is 28.7. The summed E-state index contributed by atoms with van der Waals surface area (Å²) in [4.78, 5) is 39.7. The standard InChI is InChI=1S/C49H47N3O7/c1-31-13-17-33(18-14-31)47(34-19-15-32(2)16-20-34)52-46(54)30-58-36-23-21-35(22-24-36)48(42-26-25-37(56-3)27-44(42)57-4)51-45(53)28-50-49(55)59-29-43-40-11-7-5-9-38(40)39-10-6-8-12-41(39)43/h5-27,43,47-48H,28-30H2,1-4H3,(H,50,55)(H,51,53)(H,52,54). The number of benzene rings is 6. The molecule has 0 saturated heterocycles. The van der Waals surface area contributed by atoms with E-state index in [1.807, 2.05) is 117 Å². The molecule has 0 heterocycles. The van der Waals surface area contributed by atoms with Crippen LogP contribution in [-0.2, 0) is 14.3 Å². The van der Waals surface area contributed by atoms with Crippen LogP contribution in [0.1, 0.15) is 62.5 Å². The molecule has 0 aliphatic heterocycles. The molecular weight excluding hydrogens is 743 g/mol. The predicted molar refractivity (Wildman–Crippen MR) is 227 cm³/mol. The average molecular weight is 790 g/mol. The third kappa shape index (κ3) is 9.56. The average Bonchev–Trinajstić information content (AvgIpc) is 3.59. The highest BCUT2D eigenvalue weighted by Gasteiger charge is 2.29. The Labute approximate surface area is 344 Å². The summed E-state index contributed by atoms with van der Waals surface area (Å²) in [5.74, 6) is 0.709. The van der Waals surface area contributed by atoms with Crippen molar-refractivity contribution in [3.8, 4) is 28.4 Å². The van der Waals surface area contributed by atoms with E-state index in [-0.39, 0.29) is 37.6 Å². The molecule has 10 nitrogen and oxygen atoms in total. The fourth-order valence-corrected chi connectivity index (χ4v) is 7.40. The highest BCUT2D eigenvalue weighted by atomic mass is 16.5. The van der Waals surface area contributed by atoms with Crippen LogP contribution in [0.15, 0.2) is 140 Å². The number of methoxy groups -OCH3 is 2. The first kappa shape index (κ1) is 40.1. The number of nitrogens with one attached hydrogen (secondary N) is 3. The summed E-state index contributed by atoms with van der Waals surface area (Å²) in [7, 11) is 3.10. The van der Waals surface area contributed by atoms with Gasteiger partial charge in [0, 0.05) is 17.5 Å².